The van der Waals surface area contributed by atoms with Crippen LogP contribution in [0.5, 0.6) is 0 Å². The summed E-state index contributed by atoms with van der Waals surface area (Å²) in [6.07, 6.45) is 1.55. The van der Waals surface area contributed by atoms with Gasteiger partial charge in [0.2, 0.25) is 0 Å². The van der Waals surface area contributed by atoms with Crippen LogP contribution in [0.2, 0.25) is 5.02 Å². The molecule has 1 heterocycles. The number of carbonyl (C=O) groups is 1. The van der Waals surface area contributed by atoms with E-state index in [1.807, 2.05) is 13.0 Å². The third-order valence-corrected chi connectivity index (χ3v) is 3.03. The molecule has 98 valence electrons. The number of hydrazine groups is 1. The summed E-state index contributed by atoms with van der Waals surface area (Å²) in [5, 5.41) is 3.34. The molecule has 0 unspecified atom stereocenters. The van der Waals surface area contributed by atoms with Crippen LogP contribution in [-0.2, 0) is 0 Å². The van der Waals surface area contributed by atoms with Crippen molar-refractivity contribution in [2.24, 2.45) is 5.84 Å². The molecule has 0 atom stereocenters. The lowest BCUT2D eigenvalue weighted by molar-refractivity contribution is 0.102. The van der Waals surface area contributed by atoms with Gasteiger partial charge in [-0.15, -0.1) is 0 Å². The van der Waals surface area contributed by atoms with Crippen molar-refractivity contribution in [2.45, 2.75) is 6.92 Å². The Hall–Kier alpha value is -2.11. The molecule has 1 amide bonds. The Morgan fingerprint density at radius 2 is 2.16 bits per heavy atom. The first-order valence-electron chi connectivity index (χ1n) is 5.61. The third-order valence-electron chi connectivity index (χ3n) is 2.62. The molecule has 5 nitrogen and oxygen atoms in total. The second kappa shape index (κ2) is 5.69. The van der Waals surface area contributed by atoms with Crippen LogP contribution in [0.15, 0.2) is 36.5 Å². The van der Waals surface area contributed by atoms with Crippen molar-refractivity contribution in [3.05, 3.63) is 52.7 Å². The number of pyridine rings is 1. The quantitative estimate of drug-likeness (QED) is 0.595. The first-order chi connectivity index (χ1) is 9.11. The number of halogens is 1. The molecule has 0 fully saturated rings. The van der Waals surface area contributed by atoms with Crippen LogP contribution in [-0.4, -0.2) is 10.9 Å². The highest BCUT2D eigenvalue weighted by atomic mass is 35.5. The van der Waals surface area contributed by atoms with Gasteiger partial charge < -0.3 is 10.7 Å². The van der Waals surface area contributed by atoms with Gasteiger partial charge in [-0.25, -0.2) is 10.8 Å². The molecule has 0 radical (unpaired) electrons. The van der Waals surface area contributed by atoms with Crippen molar-refractivity contribution in [2.75, 3.05) is 10.7 Å². The summed E-state index contributed by atoms with van der Waals surface area (Å²) < 4.78 is 0. The fourth-order valence-electron chi connectivity index (χ4n) is 1.57. The van der Waals surface area contributed by atoms with Crippen LogP contribution in [0.1, 0.15) is 15.9 Å². The Kier molecular flexibility index (Phi) is 3.99. The van der Waals surface area contributed by atoms with Crippen molar-refractivity contribution in [3.8, 4) is 0 Å². The lowest BCUT2D eigenvalue weighted by Crippen LogP contribution is -2.18. The molecule has 4 N–H and O–H groups in total. The molecule has 6 heteroatoms. The van der Waals surface area contributed by atoms with Gasteiger partial charge in [-0.1, -0.05) is 17.7 Å². The Morgan fingerprint density at radius 1 is 1.37 bits per heavy atom. The number of nitrogen functional groups attached to an aromatic ring is 1. The summed E-state index contributed by atoms with van der Waals surface area (Å²) in [6, 6.07) is 8.61. The van der Waals surface area contributed by atoms with Gasteiger partial charge in [0.25, 0.3) is 5.91 Å². The molecule has 0 bridgehead atoms. The van der Waals surface area contributed by atoms with E-state index in [0.29, 0.717) is 22.1 Å². The maximum atomic E-state index is 12.1. The summed E-state index contributed by atoms with van der Waals surface area (Å²) in [4.78, 5) is 16.1. The summed E-state index contributed by atoms with van der Waals surface area (Å²) in [7, 11) is 0. The Morgan fingerprint density at radius 3 is 2.84 bits per heavy atom. The van der Waals surface area contributed by atoms with Gasteiger partial charge in [-0.2, -0.15) is 0 Å². The molecule has 0 aliphatic heterocycles. The van der Waals surface area contributed by atoms with Gasteiger partial charge in [0, 0.05) is 16.9 Å². The SMILES string of the molecule is Cc1ccc(NC(=O)c2cccnc2NN)cc1Cl. The van der Waals surface area contributed by atoms with Crippen LogP contribution in [0.4, 0.5) is 11.5 Å². The number of nitrogens with two attached hydrogens (primary N) is 1. The van der Waals surface area contributed by atoms with Crippen molar-refractivity contribution in [3.63, 3.8) is 0 Å². The number of hydrogen-bond donors (Lipinski definition) is 3. The van der Waals surface area contributed by atoms with E-state index in [-0.39, 0.29) is 5.91 Å². The highest BCUT2D eigenvalue weighted by molar-refractivity contribution is 6.31. The Labute approximate surface area is 115 Å². The van der Waals surface area contributed by atoms with Gasteiger partial charge in [0.1, 0.15) is 0 Å². The number of anilines is 2. The first-order valence-corrected chi connectivity index (χ1v) is 5.98. The van der Waals surface area contributed by atoms with E-state index in [2.05, 4.69) is 15.7 Å². The molecular formula is C13H13ClN4O. The van der Waals surface area contributed by atoms with Crippen molar-refractivity contribution < 1.29 is 4.79 Å². The summed E-state index contributed by atoms with van der Waals surface area (Å²) in [5.41, 5.74) is 4.31. The second-order valence-corrected chi connectivity index (χ2v) is 4.37. The Bertz CT molecular complexity index is 615. The number of carbonyl (C=O) groups excluding carboxylic acids is 1. The lowest BCUT2D eigenvalue weighted by Gasteiger charge is -2.09. The third kappa shape index (κ3) is 3.01. The van der Waals surface area contributed by atoms with Gasteiger partial charge in [-0.05, 0) is 36.8 Å². The molecule has 2 rings (SSSR count). The normalized spacial score (nSPS) is 10.1. The predicted octanol–water partition coefficient (Wildman–Crippen LogP) is 2.58. The summed E-state index contributed by atoms with van der Waals surface area (Å²) in [5.74, 6) is 5.33. The molecule has 1 aromatic carbocycles. The highest BCUT2D eigenvalue weighted by Crippen LogP contribution is 2.21. The molecule has 0 saturated carbocycles. The minimum Gasteiger partial charge on any atom is -0.322 e. The maximum Gasteiger partial charge on any atom is 0.259 e. The molecule has 1 aromatic heterocycles. The maximum absolute atomic E-state index is 12.1. The fourth-order valence-corrected chi connectivity index (χ4v) is 1.75. The molecule has 0 spiro atoms. The smallest absolute Gasteiger partial charge is 0.259 e. The lowest BCUT2D eigenvalue weighted by atomic mass is 10.2. The van der Waals surface area contributed by atoms with Gasteiger partial charge in [0.05, 0.1) is 5.56 Å². The minimum absolute atomic E-state index is 0.305. The van der Waals surface area contributed by atoms with Crippen LogP contribution < -0.4 is 16.6 Å². The zero-order valence-electron chi connectivity index (χ0n) is 10.3. The molecule has 19 heavy (non-hydrogen) atoms. The van der Waals surface area contributed by atoms with Crippen LogP contribution in [0, 0.1) is 6.92 Å². The topological polar surface area (TPSA) is 80.0 Å². The number of aryl methyl sites for hydroxylation is 1. The average Bonchev–Trinajstić information content (AvgIpc) is 2.43. The number of benzene rings is 1. The minimum atomic E-state index is -0.305. The first kappa shape index (κ1) is 13.3. The van der Waals surface area contributed by atoms with E-state index in [4.69, 9.17) is 17.4 Å². The van der Waals surface area contributed by atoms with Crippen molar-refractivity contribution >= 4 is 29.0 Å². The van der Waals surface area contributed by atoms with Gasteiger partial charge in [-0.3, -0.25) is 4.79 Å². The summed E-state index contributed by atoms with van der Waals surface area (Å²) in [6.45, 7) is 1.89. The van der Waals surface area contributed by atoms with E-state index in [0.717, 1.165) is 5.56 Å². The average molecular weight is 277 g/mol. The molecule has 2 aromatic rings. The zero-order chi connectivity index (χ0) is 13.8. The zero-order valence-corrected chi connectivity index (χ0v) is 11.0. The van der Waals surface area contributed by atoms with Gasteiger partial charge >= 0.3 is 0 Å². The number of rotatable bonds is 3. The number of hydrogen-bond acceptors (Lipinski definition) is 4. The fraction of sp³-hybridized carbons (Fsp3) is 0.0769. The van der Waals surface area contributed by atoms with E-state index in [1.54, 1.807) is 30.5 Å². The molecule has 0 aliphatic carbocycles. The number of aromatic nitrogens is 1. The standard InChI is InChI=1S/C13H13ClN4O/c1-8-4-5-9(7-11(8)14)17-13(19)10-3-2-6-16-12(10)18-15/h2-7H,15H2,1H3,(H,16,18)(H,17,19). The van der Waals surface area contributed by atoms with E-state index in [1.165, 1.54) is 0 Å². The largest absolute Gasteiger partial charge is 0.322 e. The van der Waals surface area contributed by atoms with Crippen molar-refractivity contribution in [1.82, 2.24) is 4.98 Å². The van der Waals surface area contributed by atoms with E-state index in [9.17, 15) is 4.79 Å². The number of nitrogens with one attached hydrogen (secondary N) is 2. The summed E-state index contributed by atoms with van der Waals surface area (Å²) >= 11 is 6.01. The second-order valence-electron chi connectivity index (χ2n) is 3.96. The molecule has 0 aliphatic rings. The van der Waals surface area contributed by atoms with Crippen LogP contribution >= 0.6 is 11.6 Å². The number of amides is 1. The Balaban J connectivity index is 2.23. The molecule has 0 saturated heterocycles. The van der Waals surface area contributed by atoms with Crippen LogP contribution in [0.25, 0.3) is 0 Å². The van der Waals surface area contributed by atoms with E-state index >= 15 is 0 Å². The van der Waals surface area contributed by atoms with Gasteiger partial charge in [0.15, 0.2) is 5.82 Å². The predicted molar refractivity (Wildman–Crippen MR) is 76.2 cm³/mol. The molecular weight excluding hydrogens is 264 g/mol. The monoisotopic (exact) mass is 276 g/mol. The van der Waals surface area contributed by atoms with Crippen molar-refractivity contribution in [1.29, 1.82) is 0 Å². The highest BCUT2D eigenvalue weighted by Gasteiger charge is 2.11. The van der Waals surface area contributed by atoms with Crippen LogP contribution in [0.3, 0.4) is 0 Å². The number of nitrogens with zero attached hydrogens (tertiary/aromatic N) is 1. The van der Waals surface area contributed by atoms with E-state index < -0.39 is 0 Å².